The minimum atomic E-state index is -0.836. The molecule has 2 N–H and O–H groups in total. The van der Waals surface area contributed by atoms with E-state index in [1.807, 2.05) is 36.4 Å². The van der Waals surface area contributed by atoms with Crippen molar-refractivity contribution in [1.82, 2.24) is 10.6 Å². The molecule has 2 amide bonds. The average Bonchev–Trinajstić information content (AvgIpc) is 3.35. The minimum absolute atomic E-state index is 0.0883. The Labute approximate surface area is 129 Å². The molecule has 0 aliphatic heterocycles. The van der Waals surface area contributed by atoms with Gasteiger partial charge in [0.2, 0.25) is 0 Å². The Morgan fingerprint density at radius 1 is 1.27 bits per heavy atom. The van der Waals surface area contributed by atoms with E-state index < -0.39 is 18.1 Å². The molecule has 0 unspecified atom stereocenters. The summed E-state index contributed by atoms with van der Waals surface area (Å²) in [5, 5.41) is 13.6. The van der Waals surface area contributed by atoms with E-state index in [4.69, 9.17) is 10.00 Å². The SMILES string of the molecule is N#CCNC(=O)[C@H](CC1CC1)OC(=O)NCc1ccccc1. The molecular weight excluding hydrogens is 282 g/mol. The predicted molar refractivity (Wildman–Crippen MR) is 79.5 cm³/mol. The lowest BCUT2D eigenvalue weighted by Gasteiger charge is -2.17. The van der Waals surface area contributed by atoms with E-state index in [1.54, 1.807) is 0 Å². The van der Waals surface area contributed by atoms with Gasteiger partial charge in [-0.3, -0.25) is 4.79 Å². The molecule has 1 aromatic rings. The first-order valence-electron chi connectivity index (χ1n) is 7.32. The maximum atomic E-state index is 11.9. The van der Waals surface area contributed by atoms with Crippen molar-refractivity contribution < 1.29 is 14.3 Å². The number of hydrogen-bond acceptors (Lipinski definition) is 4. The smallest absolute Gasteiger partial charge is 0.408 e. The van der Waals surface area contributed by atoms with Gasteiger partial charge in [0.05, 0.1) is 6.07 Å². The topological polar surface area (TPSA) is 91.2 Å². The van der Waals surface area contributed by atoms with Gasteiger partial charge in [0, 0.05) is 6.54 Å². The van der Waals surface area contributed by atoms with Crippen LogP contribution in [-0.4, -0.2) is 24.6 Å². The summed E-state index contributed by atoms with van der Waals surface area (Å²) in [5.74, 6) is 0.0167. The second kappa shape index (κ2) is 8.03. The number of nitrogens with zero attached hydrogens (tertiary/aromatic N) is 1. The van der Waals surface area contributed by atoms with Crippen molar-refractivity contribution >= 4 is 12.0 Å². The standard InChI is InChI=1S/C16H19N3O3/c17-8-9-18-15(20)14(10-12-6-7-12)22-16(21)19-11-13-4-2-1-3-5-13/h1-5,12,14H,6-7,9-11H2,(H,18,20)(H,19,21)/t14-/m0/s1. The fourth-order valence-corrected chi connectivity index (χ4v) is 2.05. The Morgan fingerprint density at radius 3 is 2.64 bits per heavy atom. The molecule has 0 heterocycles. The highest BCUT2D eigenvalue weighted by Crippen LogP contribution is 2.34. The molecule has 6 heteroatoms. The van der Waals surface area contributed by atoms with Crippen LogP contribution in [0, 0.1) is 17.2 Å². The van der Waals surface area contributed by atoms with Crippen LogP contribution >= 0.6 is 0 Å². The first-order valence-corrected chi connectivity index (χ1v) is 7.32. The van der Waals surface area contributed by atoms with E-state index in [2.05, 4.69) is 10.6 Å². The summed E-state index contributed by atoms with van der Waals surface area (Å²) in [7, 11) is 0. The summed E-state index contributed by atoms with van der Waals surface area (Å²) < 4.78 is 5.21. The highest BCUT2D eigenvalue weighted by atomic mass is 16.6. The Balaban J connectivity index is 1.81. The van der Waals surface area contributed by atoms with Gasteiger partial charge in [-0.15, -0.1) is 0 Å². The van der Waals surface area contributed by atoms with E-state index in [0.29, 0.717) is 18.9 Å². The molecule has 116 valence electrons. The molecule has 0 spiro atoms. The van der Waals surface area contributed by atoms with E-state index in [0.717, 1.165) is 18.4 Å². The van der Waals surface area contributed by atoms with Gasteiger partial charge >= 0.3 is 6.09 Å². The summed E-state index contributed by atoms with van der Waals surface area (Å²) in [6.07, 6.45) is 1.16. The van der Waals surface area contributed by atoms with Gasteiger partial charge in [-0.2, -0.15) is 5.26 Å². The van der Waals surface area contributed by atoms with Crippen LogP contribution in [0.3, 0.4) is 0 Å². The van der Waals surface area contributed by atoms with Crippen molar-refractivity contribution in [3.05, 3.63) is 35.9 Å². The van der Waals surface area contributed by atoms with Crippen LogP contribution in [0.4, 0.5) is 4.79 Å². The number of carbonyl (C=O) groups excluding carboxylic acids is 2. The number of hydrogen-bond donors (Lipinski definition) is 2. The van der Waals surface area contributed by atoms with Crippen LogP contribution in [0.15, 0.2) is 30.3 Å². The summed E-state index contributed by atoms with van der Waals surface area (Å²) in [5.41, 5.74) is 0.951. The number of nitriles is 1. The molecule has 2 rings (SSSR count). The molecule has 6 nitrogen and oxygen atoms in total. The van der Waals surface area contributed by atoms with Crippen molar-refractivity contribution in [3.8, 4) is 6.07 Å². The molecule has 22 heavy (non-hydrogen) atoms. The first kappa shape index (κ1) is 15.8. The van der Waals surface area contributed by atoms with Crippen molar-refractivity contribution in [2.75, 3.05) is 6.54 Å². The third kappa shape index (κ3) is 5.44. The van der Waals surface area contributed by atoms with E-state index in [1.165, 1.54) is 0 Å². The van der Waals surface area contributed by atoms with Crippen molar-refractivity contribution in [1.29, 1.82) is 5.26 Å². The third-order valence-electron chi connectivity index (χ3n) is 3.41. The number of ether oxygens (including phenoxy) is 1. The average molecular weight is 301 g/mol. The van der Waals surface area contributed by atoms with Gasteiger partial charge in [0.25, 0.3) is 5.91 Å². The molecule has 1 atom stereocenters. The van der Waals surface area contributed by atoms with Gasteiger partial charge in [-0.05, 0) is 17.9 Å². The third-order valence-corrected chi connectivity index (χ3v) is 3.41. The Bertz CT molecular complexity index is 550. The summed E-state index contributed by atoms with van der Waals surface area (Å²) >= 11 is 0. The molecule has 1 aromatic carbocycles. The summed E-state index contributed by atoms with van der Waals surface area (Å²) in [6.45, 7) is 0.255. The number of amides is 2. The molecule has 1 fully saturated rings. The minimum Gasteiger partial charge on any atom is -0.436 e. The number of nitrogens with one attached hydrogen (secondary N) is 2. The highest BCUT2D eigenvalue weighted by molar-refractivity contribution is 5.83. The van der Waals surface area contributed by atoms with Crippen LogP contribution in [0.2, 0.25) is 0 Å². The van der Waals surface area contributed by atoms with Gasteiger partial charge in [0.15, 0.2) is 6.10 Å². The largest absolute Gasteiger partial charge is 0.436 e. The van der Waals surface area contributed by atoms with E-state index in [-0.39, 0.29) is 6.54 Å². The van der Waals surface area contributed by atoms with Crippen molar-refractivity contribution in [2.45, 2.75) is 31.9 Å². The fourth-order valence-electron chi connectivity index (χ4n) is 2.05. The number of benzene rings is 1. The Hall–Kier alpha value is -2.55. The van der Waals surface area contributed by atoms with Crippen LogP contribution < -0.4 is 10.6 Å². The molecule has 1 aliphatic rings. The van der Waals surface area contributed by atoms with E-state index >= 15 is 0 Å². The Morgan fingerprint density at radius 2 is 2.00 bits per heavy atom. The zero-order valence-electron chi connectivity index (χ0n) is 12.2. The lowest BCUT2D eigenvalue weighted by Crippen LogP contribution is -2.40. The number of alkyl carbamates (subject to hydrolysis) is 1. The van der Waals surface area contributed by atoms with E-state index in [9.17, 15) is 9.59 Å². The monoisotopic (exact) mass is 301 g/mol. The lowest BCUT2D eigenvalue weighted by atomic mass is 10.1. The van der Waals surface area contributed by atoms with Crippen LogP contribution in [0.25, 0.3) is 0 Å². The zero-order valence-corrected chi connectivity index (χ0v) is 12.2. The maximum Gasteiger partial charge on any atom is 0.408 e. The molecule has 0 saturated heterocycles. The first-order chi connectivity index (χ1) is 10.7. The van der Waals surface area contributed by atoms with Crippen LogP contribution in [0.1, 0.15) is 24.8 Å². The number of rotatable bonds is 7. The van der Waals surface area contributed by atoms with Crippen molar-refractivity contribution in [2.24, 2.45) is 5.92 Å². The molecule has 0 bridgehead atoms. The zero-order chi connectivity index (χ0) is 15.8. The quantitative estimate of drug-likeness (QED) is 0.750. The second-order valence-electron chi connectivity index (χ2n) is 5.29. The Kier molecular flexibility index (Phi) is 5.78. The normalized spacial score (nSPS) is 14.5. The second-order valence-corrected chi connectivity index (χ2v) is 5.29. The predicted octanol–water partition coefficient (Wildman–Crippen LogP) is 1.72. The summed E-state index contributed by atoms with van der Waals surface area (Å²) in [6, 6.07) is 11.3. The highest BCUT2D eigenvalue weighted by Gasteiger charge is 2.31. The maximum absolute atomic E-state index is 11.9. The van der Waals surface area contributed by atoms with Crippen LogP contribution in [0.5, 0.6) is 0 Å². The van der Waals surface area contributed by atoms with Gasteiger partial charge in [-0.1, -0.05) is 43.2 Å². The van der Waals surface area contributed by atoms with Gasteiger partial charge in [-0.25, -0.2) is 4.79 Å². The molecule has 0 radical (unpaired) electrons. The fraction of sp³-hybridized carbons (Fsp3) is 0.438. The molecule has 0 aromatic heterocycles. The van der Waals surface area contributed by atoms with Gasteiger partial charge < -0.3 is 15.4 Å². The van der Waals surface area contributed by atoms with Gasteiger partial charge in [0.1, 0.15) is 6.54 Å². The summed E-state index contributed by atoms with van der Waals surface area (Å²) in [4.78, 5) is 23.7. The molecule has 1 saturated carbocycles. The van der Waals surface area contributed by atoms with Crippen molar-refractivity contribution in [3.63, 3.8) is 0 Å². The number of carbonyl (C=O) groups is 2. The molecular formula is C16H19N3O3. The van der Waals surface area contributed by atoms with Crippen LogP contribution in [-0.2, 0) is 16.1 Å². The molecule has 1 aliphatic carbocycles. The lowest BCUT2D eigenvalue weighted by molar-refractivity contribution is -0.129.